The number of hydrogen-bond acceptors (Lipinski definition) is 4. The first-order valence-corrected chi connectivity index (χ1v) is 8.44. The third-order valence-electron chi connectivity index (χ3n) is 4.02. The van der Waals surface area contributed by atoms with E-state index in [1.165, 1.54) is 7.11 Å². The number of nitrogens with one attached hydrogen (secondary N) is 1. The van der Waals surface area contributed by atoms with Crippen molar-refractivity contribution in [1.29, 1.82) is 0 Å². The van der Waals surface area contributed by atoms with E-state index in [0.29, 0.717) is 23.9 Å². The molecule has 0 atom stereocenters. The molecule has 0 radical (unpaired) electrons. The molecule has 1 aliphatic heterocycles. The number of hydrogen-bond donors (Lipinski definition) is 1. The van der Waals surface area contributed by atoms with Crippen LogP contribution in [0.2, 0.25) is 5.02 Å². The molecule has 140 valence electrons. The minimum absolute atomic E-state index is 0. The molecule has 0 unspecified atom stereocenters. The number of para-hydroxylation sites is 1. The van der Waals surface area contributed by atoms with Crippen molar-refractivity contribution in [1.82, 2.24) is 10.2 Å². The van der Waals surface area contributed by atoms with Crippen LogP contribution in [0.3, 0.4) is 0 Å². The fourth-order valence-corrected chi connectivity index (χ4v) is 2.90. The van der Waals surface area contributed by atoms with Gasteiger partial charge in [-0.2, -0.15) is 0 Å². The van der Waals surface area contributed by atoms with Crippen LogP contribution in [0.15, 0.2) is 29.3 Å². The SMILES string of the molecule is CN=C(NCCOc1ccccc1Cl)N1CCC(C(=O)OC)CC1.I. The third-order valence-corrected chi connectivity index (χ3v) is 4.33. The van der Waals surface area contributed by atoms with Crippen molar-refractivity contribution in [2.45, 2.75) is 12.8 Å². The highest BCUT2D eigenvalue weighted by Crippen LogP contribution is 2.22. The van der Waals surface area contributed by atoms with Crippen molar-refractivity contribution in [3.63, 3.8) is 0 Å². The quantitative estimate of drug-likeness (QED) is 0.230. The fourth-order valence-electron chi connectivity index (χ4n) is 2.71. The lowest BCUT2D eigenvalue weighted by atomic mass is 9.97. The molecule has 0 bridgehead atoms. The number of carbonyl (C=O) groups is 1. The number of carbonyl (C=O) groups excluding carboxylic acids is 1. The van der Waals surface area contributed by atoms with E-state index >= 15 is 0 Å². The summed E-state index contributed by atoms with van der Waals surface area (Å²) >= 11 is 6.05. The molecule has 0 aliphatic carbocycles. The van der Waals surface area contributed by atoms with Gasteiger partial charge in [0, 0.05) is 20.1 Å². The fraction of sp³-hybridized carbons (Fsp3) is 0.529. The van der Waals surface area contributed by atoms with Crippen LogP contribution in [-0.2, 0) is 9.53 Å². The molecule has 1 aromatic rings. The first-order chi connectivity index (χ1) is 11.7. The Morgan fingerprint density at radius 3 is 2.64 bits per heavy atom. The van der Waals surface area contributed by atoms with Crippen LogP contribution in [0.5, 0.6) is 5.75 Å². The van der Waals surface area contributed by atoms with Crippen molar-refractivity contribution >= 4 is 47.5 Å². The van der Waals surface area contributed by atoms with Gasteiger partial charge in [-0.05, 0) is 25.0 Å². The Hall–Kier alpha value is -1.22. The minimum atomic E-state index is -0.120. The van der Waals surface area contributed by atoms with Crippen LogP contribution < -0.4 is 10.1 Å². The predicted octanol–water partition coefficient (Wildman–Crippen LogP) is 2.80. The number of nitrogens with zero attached hydrogens (tertiary/aromatic N) is 2. The first kappa shape index (κ1) is 21.8. The summed E-state index contributed by atoms with van der Waals surface area (Å²) in [6.07, 6.45) is 1.56. The Bertz CT molecular complexity index is 578. The summed E-state index contributed by atoms with van der Waals surface area (Å²) in [5, 5.41) is 3.88. The van der Waals surface area contributed by atoms with Gasteiger partial charge in [-0.3, -0.25) is 9.79 Å². The van der Waals surface area contributed by atoms with Crippen LogP contribution in [0, 0.1) is 5.92 Å². The highest BCUT2D eigenvalue weighted by molar-refractivity contribution is 14.0. The lowest BCUT2D eigenvalue weighted by molar-refractivity contribution is -0.146. The number of rotatable bonds is 5. The highest BCUT2D eigenvalue weighted by Gasteiger charge is 2.26. The van der Waals surface area contributed by atoms with Gasteiger partial charge in [0.15, 0.2) is 5.96 Å². The van der Waals surface area contributed by atoms with Gasteiger partial charge < -0.3 is 19.7 Å². The molecule has 25 heavy (non-hydrogen) atoms. The number of methoxy groups -OCH3 is 1. The normalized spacial score (nSPS) is 15.3. The van der Waals surface area contributed by atoms with Crippen LogP contribution in [0.1, 0.15) is 12.8 Å². The molecule has 6 nitrogen and oxygen atoms in total. The lowest BCUT2D eigenvalue weighted by Gasteiger charge is -2.33. The summed E-state index contributed by atoms with van der Waals surface area (Å²) in [5.74, 6) is 1.37. The van der Waals surface area contributed by atoms with Gasteiger partial charge in [-0.1, -0.05) is 23.7 Å². The van der Waals surface area contributed by atoms with Crippen LogP contribution in [0.4, 0.5) is 0 Å². The second-order valence-corrected chi connectivity index (χ2v) is 5.94. The number of halogens is 2. The summed E-state index contributed by atoms with van der Waals surface area (Å²) in [7, 11) is 3.19. The van der Waals surface area contributed by atoms with Crippen LogP contribution in [0.25, 0.3) is 0 Å². The van der Waals surface area contributed by atoms with Gasteiger partial charge >= 0.3 is 5.97 Å². The monoisotopic (exact) mass is 481 g/mol. The van der Waals surface area contributed by atoms with Crippen molar-refractivity contribution in [3.8, 4) is 5.75 Å². The maximum Gasteiger partial charge on any atom is 0.308 e. The van der Waals surface area contributed by atoms with Crippen LogP contribution in [-0.4, -0.2) is 57.2 Å². The molecule has 1 saturated heterocycles. The number of ether oxygens (including phenoxy) is 2. The van der Waals surface area contributed by atoms with E-state index in [2.05, 4.69) is 15.2 Å². The number of guanidine groups is 1. The molecule has 0 spiro atoms. The molecular formula is C17H25ClIN3O3. The summed E-state index contributed by atoms with van der Waals surface area (Å²) in [4.78, 5) is 18.0. The Morgan fingerprint density at radius 2 is 2.04 bits per heavy atom. The largest absolute Gasteiger partial charge is 0.490 e. The van der Waals surface area contributed by atoms with Crippen molar-refractivity contribution in [2.75, 3.05) is 40.4 Å². The predicted molar refractivity (Wildman–Crippen MR) is 110 cm³/mol. The lowest BCUT2D eigenvalue weighted by Crippen LogP contribution is -2.47. The van der Waals surface area contributed by atoms with E-state index in [4.69, 9.17) is 21.1 Å². The standard InChI is InChI=1S/C17H24ClN3O3.HI/c1-19-17(21-10-7-13(8-11-21)16(22)23-2)20-9-12-24-15-6-4-3-5-14(15)18;/h3-6,13H,7-12H2,1-2H3,(H,19,20);1H. The Kier molecular flexibility index (Phi) is 9.96. The molecule has 2 rings (SSSR count). The summed E-state index contributed by atoms with van der Waals surface area (Å²) in [6.45, 7) is 2.67. The van der Waals surface area contributed by atoms with Gasteiger partial charge in [-0.25, -0.2) is 0 Å². The summed E-state index contributed by atoms with van der Waals surface area (Å²) in [5.41, 5.74) is 0. The maximum atomic E-state index is 11.6. The molecule has 1 aromatic carbocycles. The van der Waals surface area contributed by atoms with Crippen molar-refractivity contribution in [2.24, 2.45) is 10.9 Å². The molecule has 1 aliphatic rings. The zero-order chi connectivity index (χ0) is 17.4. The molecular weight excluding hydrogens is 457 g/mol. The second-order valence-electron chi connectivity index (χ2n) is 5.54. The molecule has 0 saturated carbocycles. The molecule has 0 amide bonds. The average molecular weight is 482 g/mol. The number of likely N-dealkylation sites (tertiary alicyclic amines) is 1. The Labute approximate surface area is 170 Å². The van der Waals surface area contributed by atoms with E-state index in [1.54, 1.807) is 13.1 Å². The molecule has 0 aromatic heterocycles. The number of aliphatic imine (C=N–C) groups is 1. The highest BCUT2D eigenvalue weighted by atomic mass is 127. The second kappa shape index (κ2) is 11.4. The Balaban J connectivity index is 0.00000312. The third kappa shape index (κ3) is 6.54. The molecule has 8 heteroatoms. The van der Waals surface area contributed by atoms with Crippen LogP contribution >= 0.6 is 35.6 Å². The van der Waals surface area contributed by atoms with Gasteiger partial charge in [0.25, 0.3) is 0 Å². The molecule has 1 fully saturated rings. The zero-order valence-corrected chi connectivity index (χ0v) is 17.6. The number of piperidine rings is 1. The smallest absolute Gasteiger partial charge is 0.308 e. The van der Waals surface area contributed by atoms with E-state index in [9.17, 15) is 4.79 Å². The topological polar surface area (TPSA) is 63.2 Å². The summed E-state index contributed by atoms with van der Waals surface area (Å²) < 4.78 is 10.5. The Morgan fingerprint density at radius 1 is 1.36 bits per heavy atom. The molecule has 1 N–H and O–H groups in total. The average Bonchev–Trinajstić information content (AvgIpc) is 2.63. The molecule has 1 heterocycles. The van der Waals surface area contributed by atoms with E-state index < -0.39 is 0 Å². The number of benzene rings is 1. The van der Waals surface area contributed by atoms with Gasteiger partial charge in [-0.15, -0.1) is 24.0 Å². The van der Waals surface area contributed by atoms with E-state index in [-0.39, 0.29) is 35.9 Å². The first-order valence-electron chi connectivity index (χ1n) is 8.06. The number of esters is 1. The van der Waals surface area contributed by atoms with Crippen molar-refractivity contribution in [3.05, 3.63) is 29.3 Å². The van der Waals surface area contributed by atoms with Crippen molar-refractivity contribution < 1.29 is 14.3 Å². The van der Waals surface area contributed by atoms with Gasteiger partial charge in [0.1, 0.15) is 12.4 Å². The summed E-state index contributed by atoms with van der Waals surface area (Å²) in [6, 6.07) is 7.40. The minimum Gasteiger partial charge on any atom is -0.490 e. The van der Waals surface area contributed by atoms with E-state index in [1.807, 2.05) is 18.2 Å². The van der Waals surface area contributed by atoms with Gasteiger partial charge in [0.05, 0.1) is 24.6 Å². The zero-order valence-electron chi connectivity index (χ0n) is 14.5. The van der Waals surface area contributed by atoms with E-state index in [0.717, 1.165) is 31.9 Å². The maximum absolute atomic E-state index is 11.6. The van der Waals surface area contributed by atoms with Gasteiger partial charge in [0.2, 0.25) is 0 Å².